The van der Waals surface area contributed by atoms with Gasteiger partial charge in [-0.25, -0.2) is 0 Å². The maximum atomic E-state index is 12.7. The van der Waals surface area contributed by atoms with E-state index >= 15 is 0 Å². The number of nitrogens with one attached hydrogen (secondary N) is 1. The van der Waals surface area contributed by atoms with Crippen LogP contribution >= 0.6 is 11.6 Å². The zero-order chi connectivity index (χ0) is 19.4. The third kappa shape index (κ3) is 4.20. The lowest BCUT2D eigenvalue weighted by Crippen LogP contribution is -2.39. The van der Waals surface area contributed by atoms with E-state index in [9.17, 15) is 14.9 Å². The third-order valence-corrected chi connectivity index (χ3v) is 5.15. The Hall–Kier alpha value is -2.64. The topological polar surface area (TPSA) is 102 Å². The largest absolute Gasteiger partial charge is 0.375 e. The molecule has 0 bridgehead atoms. The van der Waals surface area contributed by atoms with E-state index in [-0.39, 0.29) is 17.6 Å². The van der Waals surface area contributed by atoms with Crippen molar-refractivity contribution in [2.24, 2.45) is 5.73 Å². The number of nitrogens with zero attached hydrogens (tertiary/aromatic N) is 2. The number of rotatable bonds is 6. The fourth-order valence-electron chi connectivity index (χ4n) is 3.31. The molecule has 2 aromatic carbocycles. The monoisotopic (exact) mass is 388 g/mol. The van der Waals surface area contributed by atoms with E-state index in [0.29, 0.717) is 35.9 Å². The van der Waals surface area contributed by atoms with Crippen molar-refractivity contribution in [1.82, 2.24) is 4.90 Å². The Kier molecular flexibility index (Phi) is 5.93. The fraction of sp³-hybridized carbons (Fsp3) is 0.316. The Morgan fingerprint density at radius 3 is 2.81 bits per heavy atom. The summed E-state index contributed by atoms with van der Waals surface area (Å²) in [5.74, 6) is -0.219. The third-order valence-electron chi connectivity index (χ3n) is 4.78. The highest BCUT2D eigenvalue weighted by Gasteiger charge is 2.29. The molecule has 1 fully saturated rings. The molecule has 2 aromatic rings. The van der Waals surface area contributed by atoms with Gasteiger partial charge in [0.25, 0.3) is 11.6 Å². The molecule has 8 heteroatoms. The predicted octanol–water partition coefficient (Wildman–Crippen LogP) is 3.42. The molecule has 7 nitrogen and oxygen atoms in total. The van der Waals surface area contributed by atoms with Crippen LogP contribution in [0.15, 0.2) is 42.5 Å². The number of nitrogens with two attached hydrogens (primary N) is 1. The summed E-state index contributed by atoms with van der Waals surface area (Å²) in [6.07, 6.45) is 1.76. The molecule has 1 aliphatic rings. The molecule has 1 amide bonds. The first-order valence-corrected chi connectivity index (χ1v) is 9.16. The van der Waals surface area contributed by atoms with E-state index in [0.717, 1.165) is 18.4 Å². The average Bonchev–Trinajstić information content (AvgIpc) is 3.15. The van der Waals surface area contributed by atoms with Gasteiger partial charge in [-0.15, -0.1) is 0 Å². The molecule has 142 valence electrons. The summed E-state index contributed by atoms with van der Waals surface area (Å²) in [5.41, 5.74) is 7.05. The summed E-state index contributed by atoms with van der Waals surface area (Å²) in [6.45, 7) is 1.36. The van der Waals surface area contributed by atoms with Gasteiger partial charge < -0.3 is 16.0 Å². The van der Waals surface area contributed by atoms with Gasteiger partial charge in [-0.3, -0.25) is 14.9 Å². The first kappa shape index (κ1) is 19.1. The van der Waals surface area contributed by atoms with Crippen molar-refractivity contribution in [3.63, 3.8) is 0 Å². The van der Waals surface area contributed by atoms with Crippen molar-refractivity contribution in [2.75, 3.05) is 18.4 Å². The molecule has 3 N–H and O–H groups in total. The Labute approximate surface area is 162 Å². The summed E-state index contributed by atoms with van der Waals surface area (Å²) >= 11 is 6.13. The molecule has 1 atom stereocenters. The van der Waals surface area contributed by atoms with E-state index in [2.05, 4.69) is 5.32 Å². The van der Waals surface area contributed by atoms with Gasteiger partial charge in [-0.1, -0.05) is 29.8 Å². The van der Waals surface area contributed by atoms with Gasteiger partial charge in [0.15, 0.2) is 0 Å². The second-order valence-electron chi connectivity index (χ2n) is 6.46. The molecule has 1 aliphatic heterocycles. The molecule has 1 heterocycles. The average molecular weight is 389 g/mol. The molecule has 0 saturated carbocycles. The second-order valence-corrected chi connectivity index (χ2v) is 6.87. The van der Waals surface area contributed by atoms with Crippen LogP contribution < -0.4 is 11.1 Å². The van der Waals surface area contributed by atoms with E-state index in [1.807, 2.05) is 18.2 Å². The number of carbonyl (C=O) groups excluding carboxylic acids is 1. The van der Waals surface area contributed by atoms with Crippen molar-refractivity contribution < 1.29 is 9.72 Å². The number of likely N-dealkylation sites (tertiary alicyclic amines) is 1. The second kappa shape index (κ2) is 8.37. The van der Waals surface area contributed by atoms with E-state index < -0.39 is 4.92 Å². The predicted molar refractivity (Wildman–Crippen MR) is 105 cm³/mol. The fourth-order valence-corrected chi connectivity index (χ4v) is 3.51. The highest BCUT2D eigenvalue weighted by molar-refractivity contribution is 6.31. The first-order valence-electron chi connectivity index (χ1n) is 8.78. The molecule has 0 spiro atoms. The van der Waals surface area contributed by atoms with Gasteiger partial charge in [-0.05, 0) is 36.6 Å². The summed E-state index contributed by atoms with van der Waals surface area (Å²) in [7, 11) is 0. The summed E-state index contributed by atoms with van der Waals surface area (Å²) in [5, 5.41) is 15.1. The number of hydrogen-bond donors (Lipinski definition) is 2. The highest BCUT2D eigenvalue weighted by Crippen LogP contribution is 2.29. The number of halogens is 1. The van der Waals surface area contributed by atoms with Crippen LogP contribution in [0.5, 0.6) is 0 Å². The SMILES string of the molecule is NCC1CCCN1C(=O)c1ccc(NCc2ccccc2Cl)c([N+](=O)[O-])c1. The lowest BCUT2D eigenvalue weighted by Gasteiger charge is -2.23. The minimum atomic E-state index is -0.490. The van der Waals surface area contributed by atoms with E-state index in [4.69, 9.17) is 17.3 Å². The minimum Gasteiger partial charge on any atom is -0.375 e. The van der Waals surface area contributed by atoms with Crippen LogP contribution in [0.4, 0.5) is 11.4 Å². The number of amides is 1. The van der Waals surface area contributed by atoms with Crippen LogP contribution in [0.3, 0.4) is 0 Å². The molecule has 0 radical (unpaired) electrons. The van der Waals surface area contributed by atoms with Crippen LogP contribution in [0.2, 0.25) is 5.02 Å². The smallest absolute Gasteiger partial charge is 0.293 e. The maximum Gasteiger partial charge on any atom is 0.293 e. The standard InChI is InChI=1S/C19H21ClN4O3/c20-16-6-2-1-4-14(16)12-22-17-8-7-13(10-18(17)24(26)27)19(25)23-9-3-5-15(23)11-21/h1-2,4,6-8,10,15,22H,3,5,9,11-12,21H2. The molecule has 1 saturated heterocycles. The van der Waals surface area contributed by atoms with Crippen molar-refractivity contribution in [1.29, 1.82) is 0 Å². The molecular formula is C19H21ClN4O3. The van der Waals surface area contributed by atoms with E-state index in [1.165, 1.54) is 6.07 Å². The number of benzene rings is 2. The zero-order valence-corrected chi connectivity index (χ0v) is 15.5. The van der Waals surface area contributed by atoms with Gasteiger partial charge in [0, 0.05) is 42.3 Å². The number of nitro groups is 1. The molecular weight excluding hydrogens is 368 g/mol. The Morgan fingerprint density at radius 2 is 2.11 bits per heavy atom. The Bertz CT molecular complexity index is 859. The molecule has 0 aliphatic carbocycles. The van der Waals surface area contributed by atoms with Crippen LogP contribution in [0.25, 0.3) is 0 Å². The normalized spacial score (nSPS) is 16.4. The maximum absolute atomic E-state index is 12.7. The number of hydrogen-bond acceptors (Lipinski definition) is 5. The van der Waals surface area contributed by atoms with Crippen LogP contribution in [-0.4, -0.2) is 34.9 Å². The van der Waals surface area contributed by atoms with Crippen molar-refractivity contribution >= 4 is 28.9 Å². The van der Waals surface area contributed by atoms with Gasteiger partial charge in [0.2, 0.25) is 0 Å². The number of anilines is 1. The Morgan fingerprint density at radius 1 is 1.33 bits per heavy atom. The van der Waals surface area contributed by atoms with Crippen LogP contribution in [0, 0.1) is 10.1 Å². The number of carbonyl (C=O) groups is 1. The Balaban J connectivity index is 1.81. The zero-order valence-electron chi connectivity index (χ0n) is 14.7. The van der Waals surface area contributed by atoms with Crippen LogP contribution in [-0.2, 0) is 6.54 Å². The van der Waals surface area contributed by atoms with Gasteiger partial charge in [0.1, 0.15) is 5.69 Å². The highest BCUT2D eigenvalue weighted by atomic mass is 35.5. The van der Waals surface area contributed by atoms with Crippen molar-refractivity contribution in [3.8, 4) is 0 Å². The van der Waals surface area contributed by atoms with Gasteiger partial charge in [-0.2, -0.15) is 0 Å². The first-order chi connectivity index (χ1) is 13.0. The summed E-state index contributed by atoms with van der Waals surface area (Å²) in [4.78, 5) is 25.5. The molecule has 1 unspecified atom stereocenters. The van der Waals surface area contributed by atoms with Crippen LogP contribution in [0.1, 0.15) is 28.8 Å². The van der Waals surface area contributed by atoms with Gasteiger partial charge in [0.05, 0.1) is 4.92 Å². The molecule has 27 heavy (non-hydrogen) atoms. The minimum absolute atomic E-state index is 0.00502. The summed E-state index contributed by atoms with van der Waals surface area (Å²) in [6, 6.07) is 11.8. The van der Waals surface area contributed by atoms with E-state index in [1.54, 1.807) is 23.1 Å². The van der Waals surface area contributed by atoms with Crippen molar-refractivity contribution in [2.45, 2.75) is 25.4 Å². The van der Waals surface area contributed by atoms with Gasteiger partial charge >= 0.3 is 0 Å². The lowest BCUT2D eigenvalue weighted by molar-refractivity contribution is -0.384. The summed E-state index contributed by atoms with van der Waals surface area (Å²) < 4.78 is 0. The lowest BCUT2D eigenvalue weighted by atomic mass is 10.1. The van der Waals surface area contributed by atoms with Crippen molar-refractivity contribution in [3.05, 3.63) is 68.7 Å². The molecule has 0 aromatic heterocycles. The quantitative estimate of drug-likeness (QED) is 0.583. The molecule has 3 rings (SSSR count). The number of nitro benzene ring substituents is 1.